The number of carbonyl (C=O) groups excluding carboxylic acids is 2. The van der Waals surface area contributed by atoms with Gasteiger partial charge in [-0.3, -0.25) is 9.59 Å². The number of rotatable bonds is 7. The van der Waals surface area contributed by atoms with Crippen LogP contribution in [0.4, 0.5) is 5.82 Å². The smallest absolute Gasteiger partial charge is 0.254 e. The fourth-order valence-electron chi connectivity index (χ4n) is 2.19. The molecule has 0 aliphatic carbocycles. The number of aryl methyl sites for hydroxylation is 1. The Morgan fingerprint density at radius 1 is 1.33 bits per heavy atom. The van der Waals surface area contributed by atoms with Crippen LogP contribution in [0.25, 0.3) is 0 Å². The van der Waals surface area contributed by atoms with Crippen LogP contribution in [0.2, 0.25) is 5.02 Å². The molecule has 0 saturated heterocycles. The molecule has 0 unspecified atom stereocenters. The zero-order chi connectivity index (χ0) is 17.5. The van der Waals surface area contributed by atoms with Gasteiger partial charge in [0.05, 0.1) is 0 Å². The Morgan fingerprint density at radius 3 is 2.75 bits per heavy atom. The number of anilines is 1. The summed E-state index contributed by atoms with van der Waals surface area (Å²) in [6.45, 7) is 4.20. The number of nitrogens with one attached hydrogen (secondary N) is 1. The van der Waals surface area contributed by atoms with Crippen LogP contribution in [-0.4, -0.2) is 35.0 Å². The van der Waals surface area contributed by atoms with Gasteiger partial charge in [-0.15, -0.1) is 0 Å². The Kier molecular flexibility index (Phi) is 6.37. The Bertz CT molecular complexity index is 715. The minimum Gasteiger partial charge on any atom is -0.360 e. The predicted octanol–water partition coefficient (Wildman–Crippen LogP) is 3.52. The van der Waals surface area contributed by atoms with E-state index in [0.29, 0.717) is 28.7 Å². The van der Waals surface area contributed by atoms with Gasteiger partial charge in [-0.2, -0.15) is 0 Å². The molecular weight excluding hydrogens is 330 g/mol. The van der Waals surface area contributed by atoms with E-state index < -0.39 is 0 Å². The molecule has 24 heavy (non-hydrogen) atoms. The van der Waals surface area contributed by atoms with Gasteiger partial charge in [0, 0.05) is 23.2 Å². The molecular formula is C17H20ClN3O3. The van der Waals surface area contributed by atoms with E-state index in [1.165, 1.54) is 4.90 Å². The molecule has 0 aliphatic heterocycles. The number of carbonyl (C=O) groups is 2. The molecule has 0 atom stereocenters. The number of hydrogen-bond acceptors (Lipinski definition) is 4. The molecule has 0 fully saturated rings. The quantitative estimate of drug-likeness (QED) is 0.829. The third kappa shape index (κ3) is 5.09. The van der Waals surface area contributed by atoms with Crippen LogP contribution in [0.5, 0.6) is 0 Å². The van der Waals surface area contributed by atoms with Crippen molar-refractivity contribution < 1.29 is 14.1 Å². The third-order valence-electron chi connectivity index (χ3n) is 3.37. The van der Waals surface area contributed by atoms with Crippen molar-refractivity contribution in [3.05, 3.63) is 46.7 Å². The topological polar surface area (TPSA) is 75.4 Å². The second-order valence-electron chi connectivity index (χ2n) is 5.46. The first-order valence-electron chi connectivity index (χ1n) is 7.77. The second-order valence-corrected chi connectivity index (χ2v) is 5.90. The number of unbranched alkanes of at least 4 members (excludes halogenated alkanes) is 1. The summed E-state index contributed by atoms with van der Waals surface area (Å²) in [5.41, 5.74) is 0.462. The van der Waals surface area contributed by atoms with Crippen molar-refractivity contribution >= 4 is 29.2 Å². The average Bonchev–Trinajstić information content (AvgIpc) is 2.95. The zero-order valence-electron chi connectivity index (χ0n) is 13.7. The van der Waals surface area contributed by atoms with Crippen LogP contribution in [0.3, 0.4) is 0 Å². The predicted molar refractivity (Wildman–Crippen MR) is 92.1 cm³/mol. The van der Waals surface area contributed by atoms with Crippen LogP contribution in [-0.2, 0) is 4.79 Å². The lowest BCUT2D eigenvalue weighted by Gasteiger charge is -2.22. The van der Waals surface area contributed by atoms with Crippen molar-refractivity contribution in [3.8, 4) is 0 Å². The molecule has 1 N–H and O–H groups in total. The summed E-state index contributed by atoms with van der Waals surface area (Å²) in [6.07, 6.45) is 1.73. The first-order valence-corrected chi connectivity index (χ1v) is 8.15. The highest BCUT2D eigenvalue weighted by molar-refractivity contribution is 6.31. The highest BCUT2D eigenvalue weighted by atomic mass is 35.5. The average molecular weight is 350 g/mol. The Balaban J connectivity index is 2.06. The number of amides is 2. The van der Waals surface area contributed by atoms with Gasteiger partial charge in [-0.1, -0.05) is 36.2 Å². The van der Waals surface area contributed by atoms with Crippen LogP contribution in [0.1, 0.15) is 35.9 Å². The van der Waals surface area contributed by atoms with E-state index in [-0.39, 0.29) is 18.4 Å². The molecule has 0 bridgehead atoms. The Labute approximate surface area is 145 Å². The van der Waals surface area contributed by atoms with Crippen LogP contribution in [0, 0.1) is 6.92 Å². The van der Waals surface area contributed by atoms with Gasteiger partial charge in [0.2, 0.25) is 5.91 Å². The third-order valence-corrected chi connectivity index (χ3v) is 3.61. The molecule has 2 aromatic rings. The van der Waals surface area contributed by atoms with E-state index in [1.54, 1.807) is 37.3 Å². The number of nitrogens with zero attached hydrogens (tertiary/aromatic N) is 2. The monoisotopic (exact) mass is 349 g/mol. The van der Waals surface area contributed by atoms with E-state index in [0.717, 1.165) is 12.8 Å². The van der Waals surface area contributed by atoms with Crippen molar-refractivity contribution in [2.75, 3.05) is 18.4 Å². The number of aromatic nitrogens is 1. The Morgan fingerprint density at radius 2 is 2.12 bits per heavy atom. The van der Waals surface area contributed by atoms with Gasteiger partial charge >= 0.3 is 0 Å². The van der Waals surface area contributed by atoms with Crippen LogP contribution < -0.4 is 5.32 Å². The lowest BCUT2D eigenvalue weighted by molar-refractivity contribution is -0.116. The summed E-state index contributed by atoms with van der Waals surface area (Å²) >= 11 is 5.94. The molecule has 0 radical (unpaired) electrons. The largest absolute Gasteiger partial charge is 0.360 e. The van der Waals surface area contributed by atoms with Gasteiger partial charge in [-0.05, 0) is 31.5 Å². The number of hydrogen-bond donors (Lipinski definition) is 1. The molecule has 7 heteroatoms. The molecule has 1 aromatic heterocycles. The van der Waals surface area contributed by atoms with Crippen LogP contribution >= 0.6 is 11.6 Å². The van der Waals surface area contributed by atoms with Crippen molar-refractivity contribution in [2.24, 2.45) is 0 Å². The fraction of sp³-hybridized carbons (Fsp3) is 0.353. The van der Waals surface area contributed by atoms with E-state index in [9.17, 15) is 9.59 Å². The molecule has 0 spiro atoms. The van der Waals surface area contributed by atoms with E-state index in [4.69, 9.17) is 16.1 Å². The zero-order valence-corrected chi connectivity index (χ0v) is 14.5. The van der Waals surface area contributed by atoms with Crippen molar-refractivity contribution in [2.45, 2.75) is 26.7 Å². The molecule has 6 nitrogen and oxygen atoms in total. The normalized spacial score (nSPS) is 10.5. The first kappa shape index (κ1) is 18.0. The van der Waals surface area contributed by atoms with Crippen molar-refractivity contribution in [1.29, 1.82) is 0 Å². The fourth-order valence-corrected chi connectivity index (χ4v) is 2.38. The number of benzene rings is 1. The lowest BCUT2D eigenvalue weighted by Crippen LogP contribution is -2.38. The molecule has 128 valence electrons. The van der Waals surface area contributed by atoms with E-state index >= 15 is 0 Å². The summed E-state index contributed by atoms with van der Waals surface area (Å²) in [4.78, 5) is 26.3. The molecule has 1 heterocycles. The molecule has 0 aliphatic rings. The van der Waals surface area contributed by atoms with Crippen molar-refractivity contribution in [1.82, 2.24) is 10.1 Å². The molecule has 2 amide bonds. The summed E-state index contributed by atoms with van der Waals surface area (Å²) in [6, 6.07) is 8.32. The number of halogens is 1. The Hall–Kier alpha value is -2.34. The maximum Gasteiger partial charge on any atom is 0.254 e. The van der Waals surface area contributed by atoms with Gasteiger partial charge in [0.1, 0.15) is 12.3 Å². The summed E-state index contributed by atoms with van der Waals surface area (Å²) in [5.74, 6) is 0.388. The maximum absolute atomic E-state index is 12.6. The van der Waals surface area contributed by atoms with Gasteiger partial charge in [0.25, 0.3) is 5.91 Å². The summed E-state index contributed by atoms with van der Waals surface area (Å²) in [7, 11) is 0. The first-order chi connectivity index (χ1) is 11.5. The second kappa shape index (κ2) is 8.49. The van der Waals surface area contributed by atoms with E-state index in [1.807, 2.05) is 6.92 Å². The standard InChI is InChI=1S/C17H20ClN3O3/c1-3-4-8-21(17(23)13-6-5-7-14(18)10-13)11-16(22)19-15-9-12(2)24-20-15/h5-7,9-10H,3-4,8,11H2,1-2H3,(H,19,20,22). The molecule has 0 saturated carbocycles. The minimum atomic E-state index is -0.324. The van der Waals surface area contributed by atoms with Gasteiger partial charge < -0.3 is 14.7 Å². The van der Waals surface area contributed by atoms with Gasteiger partial charge in [-0.25, -0.2) is 0 Å². The SMILES string of the molecule is CCCCN(CC(=O)Nc1cc(C)on1)C(=O)c1cccc(Cl)c1. The maximum atomic E-state index is 12.6. The highest BCUT2D eigenvalue weighted by Gasteiger charge is 2.19. The summed E-state index contributed by atoms with van der Waals surface area (Å²) in [5, 5.41) is 6.82. The minimum absolute atomic E-state index is 0.0583. The molecule has 1 aromatic carbocycles. The molecule has 2 rings (SSSR count). The summed E-state index contributed by atoms with van der Waals surface area (Å²) < 4.78 is 4.91. The highest BCUT2D eigenvalue weighted by Crippen LogP contribution is 2.14. The van der Waals surface area contributed by atoms with Gasteiger partial charge in [0.15, 0.2) is 5.82 Å². The lowest BCUT2D eigenvalue weighted by atomic mass is 10.2. The van der Waals surface area contributed by atoms with Crippen molar-refractivity contribution in [3.63, 3.8) is 0 Å². The van der Waals surface area contributed by atoms with E-state index in [2.05, 4.69) is 10.5 Å². The van der Waals surface area contributed by atoms with Crippen LogP contribution in [0.15, 0.2) is 34.9 Å².